The van der Waals surface area contributed by atoms with E-state index in [4.69, 9.17) is 11.5 Å². The van der Waals surface area contributed by atoms with Gasteiger partial charge in [0.2, 0.25) is 23.5 Å². The molecule has 0 aliphatic carbocycles. The maximum absolute atomic E-state index is 5.97. The molecule has 0 aliphatic heterocycles. The van der Waals surface area contributed by atoms with Crippen LogP contribution in [0.15, 0.2) is 60.9 Å². The first-order chi connectivity index (χ1) is 19.3. The second-order valence-electron chi connectivity index (χ2n) is 9.82. The van der Waals surface area contributed by atoms with Gasteiger partial charge in [-0.1, -0.05) is 73.5 Å². The summed E-state index contributed by atoms with van der Waals surface area (Å²) >= 11 is 0. The van der Waals surface area contributed by atoms with Crippen LogP contribution in [0.2, 0.25) is 0 Å². The van der Waals surface area contributed by atoms with Crippen molar-refractivity contribution in [3.8, 4) is 22.5 Å². The zero-order valence-corrected chi connectivity index (χ0v) is 23.3. The SMILES string of the molecule is CCCc1nc(N)n2cc(-c3ccc(C)cc3)nc2n1.CCCc1nc(N)n2cc(-c3ccc(C)cc3)nc2n1. The zero-order chi connectivity index (χ0) is 28.2. The lowest BCUT2D eigenvalue weighted by Crippen LogP contribution is -2.06. The van der Waals surface area contributed by atoms with E-state index in [1.54, 1.807) is 8.80 Å². The van der Waals surface area contributed by atoms with Crippen LogP contribution in [-0.4, -0.2) is 38.7 Å². The summed E-state index contributed by atoms with van der Waals surface area (Å²) < 4.78 is 3.46. The van der Waals surface area contributed by atoms with Crippen molar-refractivity contribution < 1.29 is 0 Å². The molecule has 4 aromatic heterocycles. The van der Waals surface area contributed by atoms with Gasteiger partial charge in [0.25, 0.3) is 0 Å². The second-order valence-corrected chi connectivity index (χ2v) is 9.82. The highest BCUT2D eigenvalue weighted by Gasteiger charge is 2.11. The summed E-state index contributed by atoms with van der Waals surface area (Å²) in [6.07, 6.45) is 7.36. The van der Waals surface area contributed by atoms with Gasteiger partial charge in [0.1, 0.15) is 11.6 Å². The van der Waals surface area contributed by atoms with Crippen molar-refractivity contribution in [2.45, 2.75) is 53.4 Å². The monoisotopic (exact) mass is 534 g/mol. The Balaban J connectivity index is 0.000000161. The fourth-order valence-corrected chi connectivity index (χ4v) is 4.29. The molecular formula is C30H34N10. The Morgan fingerprint density at radius 3 is 1.27 bits per heavy atom. The predicted octanol–water partition coefficient (Wildman–Crippen LogP) is 5.27. The van der Waals surface area contributed by atoms with E-state index in [2.05, 4.69) is 81.9 Å². The van der Waals surface area contributed by atoms with E-state index in [1.807, 2.05) is 36.7 Å². The first-order valence-corrected chi connectivity index (χ1v) is 13.5. The number of nitrogens with two attached hydrogens (primary N) is 2. The van der Waals surface area contributed by atoms with Gasteiger partial charge in [0.05, 0.1) is 11.4 Å². The second kappa shape index (κ2) is 11.5. The molecule has 0 saturated carbocycles. The largest absolute Gasteiger partial charge is 0.369 e. The average Bonchev–Trinajstić information content (AvgIpc) is 3.56. The molecule has 0 amide bonds. The lowest BCUT2D eigenvalue weighted by molar-refractivity contribution is 0.822. The van der Waals surface area contributed by atoms with E-state index < -0.39 is 0 Å². The fraction of sp³-hybridized carbons (Fsp3) is 0.267. The summed E-state index contributed by atoms with van der Waals surface area (Å²) in [6, 6.07) is 16.5. The van der Waals surface area contributed by atoms with Crippen LogP contribution in [0.3, 0.4) is 0 Å². The van der Waals surface area contributed by atoms with Gasteiger partial charge in [0.15, 0.2) is 0 Å². The van der Waals surface area contributed by atoms with Crippen molar-refractivity contribution in [2.75, 3.05) is 11.5 Å². The Hall–Kier alpha value is -4.86. The van der Waals surface area contributed by atoms with E-state index in [1.165, 1.54) is 11.1 Å². The van der Waals surface area contributed by atoms with Crippen LogP contribution in [0.25, 0.3) is 34.1 Å². The van der Waals surface area contributed by atoms with Crippen LogP contribution in [-0.2, 0) is 12.8 Å². The summed E-state index contributed by atoms with van der Waals surface area (Å²) in [7, 11) is 0. The van der Waals surface area contributed by atoms with Gasteiger partial charge < -0.3 is 11.5 Å². The minimum absolute atomic E-state index is 0.435. The summed E-state index contributed by atoms with van der Waals surface area (Å²) in [4.78, 5) is 26.6. The van der Waals surface area contributed by atoms with Crippen molar-refractivity contribution >= 4 is 23.5 Å². The minimum atomic E-state index is 0.435. The van der Waals surface area contributed by atoms with Crippen LogP contribution in [0, 0.1) is 13.8 Å². The molecule has 0 aliphatic rings. The third-order valence-electron chi connectivity index (χ3n) is 6.46. The number of hydrogen-bond acceptors (Lipinski definition) is 8. The predicted molar refractivity (Wildman–Crippen MR) is 159 cm³/mol. The maximum Gasteiger partial charge on any atom is 0.238 e. The smallest absolute Gasteiger partial charge is 0.238 e. The summed E-state index contributed by atoms with van der Waals surface area (Å²) in [6.45, 7) is 8.31. The van der Waals surface area contributed by atoms with Gasteiger partial charge in [-0.25, -0.2) is 9.97 Å². The molecular weight excluding hydrogens is 500 g/mol. The van der Waals surface area contributed by atoms with Crippen LogP contribution < -0.4 is 11.5 Å². The number of anilines is 2. The van der Waals surface area contributed by atoms with Gasteiger partial charge in [-0.05, 0) is 26.7 Å². The molecule has 6 rings (SSSR count). The number of fused-ring (bicyclic) bond motifs is 2. The van der Waals surface area contributed by atoms with Crippen molar-refractivity contribution in [3.63, 3.8) is 0 Å². The third kappa shape index (κ3) is 5.75. The van der Waals surface area contributed by atoms with Gasteiger partial charge in [-0.15, -0.1) is 0 Å². The molecule has 4 N–H and O–H groups in total. The van der Waals surface area contributed by atoms with E-state index >= 15 is 0 Å². The van der Waals surface area contributed by atoms with Gasteiger partial charge in [-0.3, -0.25) is 8.80 Å². The topological polar surface area (TPSA) is 138 Å². The Kier molecular flexibility index (Phi) is 7.68. The summed E-state index contributed by atoms with van der Waals surface area (Å²) in [5, 5.41) is 0. The van der Waals surface area contributed by atoms with Crippen molar-refractivity contribution in [2.24, 2.45) is 0 Å². The molecule has 2 aromatic carbocycles. The maximum atomic E-state index is 5.97. The third-order valence-corrected chi connectivity index (χ3v) is 6.46. The van der Waals surface area contributed by atoms with Gasteiger partial charge in [0, 0.05) is 36.4 Å². The highest BCUT2D eigenvalue weighted by molar-refractivity contribution is 5.63. The van der Waals surface area contributed by atoms with Crippen LogP contribution in [0.4, 0.5) is 11.9 Å². The van der Waals surface area contributed by atoms with Crippen molar-refractivity contribution in [3.05, 3.63) is 83.7 Å². The summed E-state index contributed by atoms with van der Waals surface area (Å²) in [5.74, 6) is 3.58. The number of rotatable bonds is 6. The molecule has 0 unspecified atom stereocenters. The minimum Gasteiger partial charge on any atom is -0.369 e. The van der Waals surface area contributed by atoms with E-state index in [-0.39, 0.29) is 0 Å². The number of nitrogens with zero attached hydrogens (tertiary/aromatic N) is 8. The van der Waals surface area contributed by atoms with E-state index in [0.29, 0.717) is 23.5 Å². The molecule has 204 valence electrons. The molecule has 10 nitrogen and oxygen atoms in total. The number of benzene rings is 2. The van der Waals surface area contributed by atoms with Crippen LogP contribution >= 0.6 is 0 Å². The highest BCUT2D eigenvalue weighted by atomic mass is 15.2. The molecule has 10 heteroatoms. The molecule has 40 heavy (non-hydrogen) atoms. The number of imidazole rings is 2. The Morgan fingerprint density at radius 1 is 0.550 bits per heavy atom. The molecule has 0 atom stereocenters. The standard InChI is InChI=1S/2C15H17N5/c2*1-3-4-13-18-14(16)20-9-12(17-15(20)19-13)11-7-5-10(2)6-8-11/h2*5-9H,3-4H2,1-2H3,(H2,16,17,18,19). The normalized spacial score (nSPS) is 11.1. The average molecular weight is 535 g/mol. The Labute approximate surface area is 233 Å². The molecule has 0 saturated heterocycles. The highest BCUT2D eigenvalue weighted by Crippen LogP contribution is 2.21. The molecule has 0 bridgehead atoms. The van der Waals surface area contributed by atoms with Crippen molar-refractivity contribution in [1.82, 2.24) is 38.7 Å². The molecule has 0 spiro atoms. The van der Waals surface area contributed by atoms with Gasteiger partial charge >= 0.3 is 0 Å². The van der Waals surface area contributed by atoms with Gasteiger partial charge in [-0.2, -0.15) is 19.9 Å². The molecule has 4 heterocycles. The van der Waals surface area contributed by atoms with Crippen LogP contribution in [0.1, 0.15) is 49.5 Å². The van der Waals surface area contributed by atoms with Crippen LogP contribution in [0.5, 0.6) is 0 Å². The zero-order valence-electron chi connectivity index (χ0n) is 23.3. The molecule has 0 fully saturated rings. The quantitative estimate of drug-likeness (QED) is 0.295. The lowest BCUT2D eigenvalue weighted by atomic mass is 10.1. The molecule has 0 radical (unpaired) electrons. The molecule has 6 aromatic rings. The Morgan fingerprint density at radius 2 is 0.925 bits per heavy atom. The van der Waals surface area contributed by atoms with E-state index in [9.17, 15) is 0 Å². The number of nitrogen functional groups attached to an aromatic ring is 2. The fourth-order valence-electron chi connectivity index (χ4n) is 4.29. The number of hydrogen-bond donors (Lipinski definition) is 2. The number of aryl methyl sites for hydroxylation is 4. The first-order valence-electron chi connectivity index (χ1n) is 13.5. The number of aromatic nitrogens is 8. The first kappa shape index (κ1) is 26.7. The summed E-state index contributed by atoms with van der Waals surface area (Å²) in [5.41, 5.74) is 18.2. The lowest BCUT2D eigenvalue weighted by Gasteiger charge is -2.00. The Bertz CT molecular complexity index is 1620. The van der Waals surface area contributed by atoms with E-state index in [0.717, 1.165) is 59.8 Å². The van der Waals surface area contributed by atoms with Crippen molar-refractivity contribution in [1.29, 1.82) is 0 Å².